The molecule has 1 N–H and O–H groups in total. The van der Waals surface area contributed by atoms with E-state index in [1.165, 1.54) is 18.6 Å². The van der Waals surface area contributed by atoms with Gasteiger partial charge in [0.2, 0.25) is 0 Å². The molecule has 17 heavy (non-hydrogen) atoms. The second kappa shape index (κ2) is 4.20. The molecular weight excluding hydrogens is 234 g/mol. The topological polar surface area (TPSA) is 55.8 Å². The zero-order chi connectivity index (χ0) is 12.5. The molecule has 4 nitrogen and oxygen atoms in total. The van der Waals surface area contributed by atoms with Crippen molar-refractivity contribution in [2.75, 3.05) is 0 Å². The van der Waals surface area contributed by atoms with Crippen LogP contribution >= 0.6 is 0 Å². The van der Waals surface area contributed by atoms with E-state index in [4.69, 9.17) is 5.11 Å². The molecule has 0 aromatic heterocycles. The summed E-state index contributed by atoms with van der Waals surface area (Å²) in [5, 5.41) is 8.44. The van der Waals surface area contributed by atoms with Crippen molar-refractivity contribution < 1.29 is 28.2 Å². The van der Waals surface area contributed by atoms with Gasteiger partial charge >= 0.3 is 12.3 Å². The van der Waals surface area contributed by atoms with E-state index in [0.29, 0.717) is 12.0 Å². The van der Waals surface area contributed by atoms with Gasteiger partial charge in [-0.15, -0.1) is 8.78 Å². The van der Waals surface area contributed by atoms with Crippen LogP contribution < -0.4 is 9.47 Å². The van der Waals surface area contributed by atoms with Crippen LogP contribution in [-0.4, -0.2) is 17.4 Å². The normalized spacial score (nSPS) is 15.9. The number of ether oxygens (including phenoxy) is 2. The Balaban J connectivity index is 2.01. The highest BCUT2D eigenvalue weighted by Crippen LogP contribution is 2.41. The van der Waals surface area contributed by atoms with Gasteiger partial charge < -0.3 is 14.6 Å². The lowest BCUT2D eigenvalue weighted by Gasteiger charge is -2.04. The van der Waals surface area contributed by atoms with Crippen LogP contribution in [0.3, 0.4) is 0 Å². The number of aliphatic carboxylic acids is 1. The lowest BCUT2D eigenvalue weighted by atomic mass is 10.1. The van der Waals surface area contributed by atoms with Gasteiger partial charge in [-0.05, 0) is 30.5 Å². The van der Waals surface area contributed by atoms with Crippen molar-refractivity contribution in [3.63, 3.8) is 0 Å². The quantitative estimate of drug-likeness (QED) is 0.881. The number of hydrogen-bond acceptors (Lipinski definition) is 3. The number of hydrogen-bond donors (Lipinski definition) is 1. The van der Waals surface area contributed by atoms with E-state index in [1.807, 2.05) is 0 Å². The Kier molecular flexibility index (Phi) is 2.87. The first-order chi connectivity index (χ1) is 7.96. The van der Waals surface area contributed by atoms with Crippen LogP contribution in [0.25, 0.3) is 0 Å². The Hall–Kier alpha value is -1.85. The predicted octanol–water partition coefficient (Wildman–Crippen LogP) is 2.23. The van der Waals surface area contributed by atoms with E-state index in [0.717, 1.165) is 0 Å². The van der Waals surface area contributed by atoms with Crippen LogP contribution in [0.5, 0.6) is 11.5 Å². The van der Waals surface area contributed by atoms with Crippen molar-refractivity contribution in [1.29, 1.82) is 0 Å². The molecule has 1 aliphatic rings. The number of carboxylic acids is 1. The zero-order valence-electron chi connectivity index (χ0n) is 8.65. The third kappa shape index (κ3) is 2.83. The fraction of sp³-hybridized carbons (Fsp3) is 0.273. The summed E-state index contributed by atoms with van der Waals surface area (Å²) in [7, 11) is 0. The Bertz CT molecular complexity index is 445. The number of alkyl halides is 2. The van der Waals surface area contributed by atoms with Gasteiger partial charge in [-0.2, -0.15) is 0 Å². The molecule has 0 amide bonds. The minimum atomic E-state index is -3.62. The van der Waals surface area contributed by atoms with Crippen molar-refractivity contribution in [3.8, 4) is 11.5 Å². The van der Waals surface area contributed by atoms with E-state index >= 15 is 0 Å². The average molecular weight is 243 g/mol. The molecule has 1 aliphatic heterocycles. The van der Waals surface area contributed by atoms with E-state index in [-0.39, 0.29) is 17.9 Å². The summed E-state index contributed by atoms with van der Waals surface area (Å²) in [5.74, 6) is -0.981. The molecule has 0 unspecified atom stereocenters. The maximum Gasteiger partial charge on any atom is 0.586 e. The first kappa shape index (κ1) is 11.6. The van der Waals surface area contributed by atoms with E-state index in [9.17, 15) is 13.6 Å². The van der Waals surface area contributed by atoms with Crippen molar-refractivity contribution in [1.82, 2.24) is 0 Å². The summed E-state index contributed by atoms with van der Waals surface area (Å²) in [6.07, 6.45) is -1.79. The molecule has 1 aromatic rings. The summed E-state index contributed by atoms with van der Waals surface area (Å²) in [4.78, 5) is 10.3. The van der Waals surface area contributed by atoms with Crippen LogP contribution in [0, 0.1) is 6.42 Å². The van der Waals surface area contributed by atoms with Crippen LogP contribution in [0.1, 0.15) is 12.0 Å². The van der Waals surface area contributed by atoms with Gasteiger partial charge in [0.15, 0.2) is 11.5 Å². The molecule has 0 fully saturated rings. The molecule has 6 heteroatoms. The lowest BCUT2D eigenvalue weighted by molar-refractivity contribution is -0.286. The molecule has 0 bridgehead atoms. The number of carboxylic acid groups (broad SMARTS) is 1. The smallest absolute Gasteiger partial charge is 0.481 e. The molecule has 91 valence electrons. The van der Waals surface area contributed by atoms with E-state index in [2.05, 4.69) is 9.47 Å². The number of rotatable bonds is 4. The third-order valence-corrected chi connectivity index (χ3v) is 2.16. The number of fused-ring (bicyclic) bond motifs is 1. The highest BCUT2D eigenvalue weighted by molar-refractivity contribution is 5.68. The molecule has 1 heterocycles. The maximum absolute atomic E-state index is 12.7. The number of halogens is 2. The zero-order valence-corrected chi connectivity index (χ0v) is 8.65. The Morgan fingerprint density at radius 1 is 1.35 bits per heavy atom. The van der Waals surface area contributed by atoms with Crippen LogP contribution in [0.15, 0.2) is 18.2 Å². The number of benzene rings is 1. The van der Waals surface area contributed by atoms with Gasteiger partial charge in [0.05, 0.1) is 0 Å². The van der Waals surface area contributed by atoms with Crippen molar-refractivity contribution >= 4 is 5.97 Å². The first-order valence-corrected chi connectivity index (χ1v) is 4.88. The standard InChI is InChI=1S/C11H9F2O4/c12-11(13)16-8-5-4-7(6-9(8)17-11)2-1-3-10(14)15/h1,4-6H,2-3H2,(H,14,15). The molecule has 0 saturated heterocycles. The Morgan fingerprint density at radius 2 is 2.06 bits per heavy atom. The molecule has 0 spiro atoms. The molecular formula is C11H9F2O4. The minimum absolute atomic E-state index is 0.0167. The summed E-state index contributed by atoms with van der Waals surface area (Å²) in [6.45, 7) is 0. The second-order valence-corrected chi connectivity index (χ2v) is 3.54. The monoisotopic (exact) mass is 243 g/mol. The summed E-state index contributed by atoms with van der Waals surface area (Å²) < 4.78 is 33.9. The van der Waals surface area contributed by atoms with Gasteiger partial charge in [0.25, 0.3) is 0 Å². The molecule has 1 aromatic carbocycles. The molecule has 2 rings (SSSR count). The SMILES string of the molecule is O=C(O)C[CH]Cc1ccc2c(c1)OC(F)(F)O2. The lowest BCUT2D eigenvalue weighted by Crippen LogP contribution is -2.25. The van der Waals surface area contributed by atoms with Crippen molar-refractivity contribution in [2.45, 2.75) is 19.1 Å². The number of carbonyl (C=O) groups is 1. The fourth-order valence-electron chi connectivity index (χ4n) is 1.48. The van der Waals surface area contributed by atoms with E-state index < -0.39 is 12.3 Å². The van der Waals surface area contributed by atoms with E-state index in [1.54, 1.807) is 6.07 Å². The van der Waals surface area contributed by atoms with Gasteiger partial charge in [-0.3, -0.25) is 4.79 Å². The van der Waals surface area contributed by atoms with Crippen molar-refractivity contribution in [2.24, 2.45) is 0 Å². The van der Waals surface area contributed by atoms with Gasteiger partial charge in [-0.1, -0.05) is 6.07 Å². The summed E-state index contributed by atoms with van der Waals surface area (Å²) in [5.41, 5.74) is 0.686. The Labute approximate surface area is 95.8 Å². The average Bonchev–Trinajstić information content (AvgIpc) is 2.50. The summed E-state index contributed by atoms with van der Waals surface area (Å²) >= 11 is 0. The molecule has 0 aliphatic carbocycles. The summed E-state index contributed by atoms with van der Waals surface area (Å²) in [6, 6.07) is 4.37. The highest BCUT2D eigenvalue weighted by atomic mass is 19.3. The van der Waals surface area contributed by atoms with Crippen LogP contribution in [0.4, 0.5) is 8.78 Å². The van der Waals surface area contributed by atoms with Gasteiger partial charge in [0, 0.05) is 6.42 Å². The van der Waals surface area contributed by atoms with Crippen LogP contribution in [0.2, 0.25) is 0 Å². The molecule has 0 saturated carbocycles. The highest BCUT2D eigenvalue weighted by Gasteiger charge is 2.43. The second-order valence-electron chi connectivity index (χ2n) is 3.54. The first-order valence-electron chi connectivity index (χ1n) is 4.88. The third-order valence-electron chi connectivity index (χ3n) is 2.16. The van der Waals surface area contributed by atoms with Gasteiger partial charge in [0.1, 0.15) is 0 Å². The fourth-order valence-corrected chi connectivity index (χ4v) is 1.48. The minimum Gasteiger partial charge on any atom is -0.481 e. The van der Waals surface area contributed by atoms with Crippen molar-refractivity contribution in [3.05, 3.63) is 30.2 Å². The van der Waals surface area contributed by atoms with Gasteiger partial charge in [-0.25, -0.2) is 0 Å². The molecule has 1 radical (unpaired) electrons. The maximum atomic E-state index is 12.7. The predicted molar refractivity (Wildman–Crippen MR) is 52.9 cm³/mol. The molecule has 0 atom stereocenters. The largest absolute Gasteiger partial charge is 0.586 e. The van der Waals surface area contributed by atoms with Crippen LogP contribution in [-0.2, 0) is 11.2 Å². The Morgan fingerprint density at radius 3 is 2.76 bits per heavy atom.